The highest BCUT2D eigenvalue weighted by molar-refractivity contribution is 4.33. The Kier molecular flexibility index (Phi) is 39.5. The van der Waals surface area contributed by atoms with Gasteiger partial charge in [0.1, 0.15) is 0 Å². The number of rotatable bonds is 7. The van der Waals surface area contributed by atoms with Crippen LogP contribution in [0.15, 0.2) is 0 Å². The lowest BCUT2D eigenvalue weighted by molar-refractivity contribution is 0.128. The van der Waals surface area contributed by atoms with Crippen LogP contribution in [0.25, 0.3) is 0 Å². The van der Waals surface area contributed by atoms with Crippen LogP contribution in [0.2, 0.25) is 0 Å². The van der Waals surface area contributed by atoms with Gasteiger partial charge in [-0.25, -0.2) is 0 Å². The van der Waals surface area contributed by atoms with Gasteiger partial charge in [-0.15, -0.1) is 0 Å². The number of aliphatic hydroxyl groups is 3. The molecule has 0 heterocycles. The molecule has 0 spiro atoms. The summed E-state index contributed by atoms with van der Waals surface area (Å²) in [7, 11) is 1.00. The van der Waals surface area contributed by atoms with E-state index in [-0.39, 0.29) is 13.2 Å². The molecule has 0 saturated carbocycles. The number of hydrogen-bond acceptors (Lipinski definition) is 4. The van der Waals surface area contributed by atoms with Gasteiger partial charge in [-0.2, -0.15) is 0 Å². The average Bonchev–Trinajstić information content (AvgIpc) is 2.32. The van der Waals surface area contributed by atoms with E-state index in [0.29, 0.717) is 0 Å². The molecule has 0 atom stereocenters. The molecule has 0 bridgehead atoms. The Labute approximate surface area is 93.9 Å². The Morgan fingerprint density at radius 2 is 1.13 bits per heavy atom. The van der Waals surface area contributed by atoms with Crippen molar-refractivity contribution in [3.05, 3.63) is 0 Å². The SMILES string of the molecule is CCCCOCCCC.CO.OCCO. The summed E-state index contributed by atoms with van der Waals surface area (Å²) >= 11 is 0. The second-order valence-corrected chi connectivity index (χ2v) is 2.77. The predicted molar refractivity (Wildman–Crippen MR) is 62.9 cm³/mol. The highest BCUT2D eigenvalue weighted by atomic mass is 16.5. The molecule has 0 aromatic rings. The van der Waals surface area contributed by atoms with Crippen LogP contribution in [0.3, 0.4) is 0 Å². The molecule has 0 saturated heterocycles. The molecule has 0 radical (unpaired) electrons. The van der Waals surface area contributed by atoms with E-state index in [2.05, 4.69) is 13.8 Å². The third-order valence-corrected chi connectivity index (χ3v) is 1.38. The van der Waals surface area contributed by atoms with Crippen LogP contribution in [0.5, 0.6) is 0 Å². The minimum Gasteiger partial charge on any atom is -0.400 e. The normalized spacial score (nSPS) is 8.40. The Bertz CT molecular complexity index is 61.6. The van der Waals surface area contributed by atoms with E-state index >= 15 is 0 Å². The van der Waals surface area contributed by atoms with Gasteiger partial charge in [-0.05, 0) is 12.8 Å². The van der Waals surface area contributed by atoms with Gasteiger partial charge in [0.05, 0.1) is 13.2 Å². The van der Waals surface area contributed by atoms with Crippen molar-refractivity contribution in [3.8, 4) is 0 Å². The molecule has 96 valence electrons. The first-order valence-electron chi connectivity index (χ1n) is 5.57. The molecule has 4 heteroatoms. The van der Waals surface area contributed by atoms with Crippen molar-refractivity contribution >= 4 is 0 Å². The average molecular weight is 224 g/mol. The molecule has 0 aliphatic carbocycles. The molecule has 0 aliphatic rings. The maximum Gasteiger partial charge on any atom is 0.0662 e. The molecule has 0 aromatic heterocycles. The van der Waals surface area contributed by atoms with Crippen molar-refractivity contribution < 1.29 is 20.1 Å². The first kappa shape index (κ1) is 20.3. The van der Waals surface area contributed by atoms with Gasteiger partial charge in [0.15, 0.2) is 0 Å². The monoisotopic (exact) mass is 224 g/mol. The minimum absolute atomic E-state index is 0.125. The number of unbranched alkanes of at least 4 members (excludes halogenated alkanes) is 2. The Hall–Kier alpha value is -0.160. The van der Waals surface area contributed by atoms with Gasteiger partial charge in [-0.1, -0.05) is 26.7 Å². The lowest BCUT2D eigenvalue weighted by atomic mass is 10.3. The summed E-state index contributed by atoms with van der Waals surface area (Å²) in [6, 6.07) is 0. The number of aliphatic hydroxyl groups excluding tert-OH is 3. The first-order chi connectivity index (χ1) is 7.33. The Balaban J connectivity index is -0.000000202. The fraction of sp³-hybridized carbons (Fsp3) is 1.00. The predicted octanol–water partition coefficient (Wildman–Crippen LogP) is 1.18. The summed E-state index contributed by atoms with van der Waals surface area (Å²) in [6.45, 7) is 6.03. The van der Waals surface area contributed by atoms with Gasteiger partial charge < -0.3 is 20.1 Å². The second-order valence-electron chi connectivity index (χ2n) is 2.77. The highest BCUT2D eigenvalue weighted by Crippen LogP contribution is 1.91. The van der Waals surface area contributed by atoms with E-state index in [1.165, 1.54) is 25.7 Å². The smallest absolute Gasteiger partial charge is 0.0662 e. The molecule has 0 amide bonds. The van der Waals surface area contributed by atoms with E-state index in [4.69, 9.17) is 20.1 Å². The van der Waals surface area contributed by atoms with Crippen molar-refractivity contribution in [2.24, 2.45) is 0 Å². The summed E-state index contributed by atoms with van der Waals surface area (Å²) in [6.07, 6.45) is 4.91. The Morgan fingerprint density at radius 1 is 0.800 bits per heavy atom. The zero-order valence-electron chi connectivity index (χ0n) is 10.4. The summed E-state index contributed by atoms with van der Waals surface area (Å²) in [5.41, 5.74) is 0. The van der Waals surface area contributed by atoms with Crippen LogP contribution in [0, 0.1) is 0 Å². The van der Waals surface area contributed by atoms with Crippen LogP contribution in [0.4, 0.5) is 0 Å². The molecule has 15 heavy (non-hydrogen) atoms. The second kappa shape index (κ2) is 29.2. The molecule has 0 aromatic carbocycles. The first-order valence-corrected chi connectivity index (χ1v) is 5.57. The van der Waals surface area contributed by atoms with Crippen molar-refractivity contribution in [1.82, 2.24) is 0 Å². The van der Waals surface area contributed by atoms with Gasteiger partial charge in [0, 0.05) is 20.3 Å². The van der Waals surface area contributed by atoms with E-state index in [1.54, 1.807) is 0 Å². The summed E-state index contributed by atoms with van der Waals surface area (Å²) in [5, 5.41) is 22.2. The lowest BCUT2D eigenvalue weighted by Gasteiger charge is -1.99. The molecule has 3 N–H and O–H groups in total. The molecule has 0 rings (SSSR count). The van der Waals surface area contributed by atoms with Crippen molar-refractivity contribution in [3.63, 3.8) is 0 Å². The van der Waals surface area contributed by atoms with Gasteiger partial charge in [-0.3, -0.25) is 0 Å². The molecule has 0 fully saturated rings. The summed E-state index contributed by atoms with van der Waals surface area (Å²) < 4.78 is 5.31. The van der Waals surface area contributed by atoms with Crippen LogP contribution >= 0.6 is 0 Å². The molecule has 0 unspecified atom stereocenters. The minimum atomic E-state index is -0.125. The molecule has 4 nitrogen and oxygen atoms in total. The maximum absolute atomic E-state index is 7.62. The largest absolute Gasteiger partial charge is 0.400 e. The summed E-state index contributed by atoms with van der Waals surface area (Å²) in [5.74, 6) is 0. The van der Waals surface area contributed by atoms with E-state index in [0.717, 1.165) is 20.3 Å². The van der Waals surface area contributed by atoms with Crippen LogP contribution in [0.1, 0.15) is 39.5 Å². The molecular formula is C11H28O4. The zero-order chi connectivity index (χ0) is 12.4. The van der Waals surface area contributed by atoms with Crippen molar-refractivity contribution in [1.29, 1.82) is 0 Å². The topological polar surface area (TPSA) is 69.9 Å². The number of hydrogen-bond donors (Lipinski definition) is 3. The number of ether oxygens (including phenoxy) is 1. The van der Waals surface area contributed by atoms with Crippen molar-refractivity contribution in [2.75, 3.05) is 33.5 Å². The fourth-order valence-electron chi connectivity index (χ4n) is 0.595. The Morgan fingerprint density at radius 3 is 1.33 bits per heavy atom. The van der Waals surface area contributed by atoms with E-state index in [9.17, 15) is 0 Å². The zero-order valence-corrected chi connectivity index (χ0v) is 10.4. The fourth-order valence-corrected chi connectivity index (χ4v) is 0.595. The maximum atomic E-state index is 7.62. The lowest BCUT2D eigenvalue weighted by Crippen LogP contribution is -1.95. The summed E-state index contributed by atoms with van der Waals surface area (Å²) in [4.78, 5) is 0. The van der Waals surface area contributed by atoms with Crippen molar-refractivity contribution in [2.45, 2.75) is 39.5 Å². The highest BCUT2D eigenvalue weighted by Gasteiger charge is 1.84. The quantitative estimate of drug-likeness (QED) is 0.568. The van der Waals surface area contributed by atoms with Gasteiger partial charge in [0.25, 0.3) is 0 Å². The standard InChI is InChI=1S/C8H18O.C2H6O2.CH4O/c1-3-5-7-9-8-6-4-2;3-1-2-4;1-2/h3-8H2,1-2H3;3-4H,1-2H2;2H,1H3. The van der Waals surface area contributed by atoms with Crippen LogP contribution in [-0.4, -0.2) is 48.9 Å². The van der Waals surface area contributed by atoms with Gasteiger partial charge in [0.2, 0.25) is 0 Å². The van der Waals surface area contributed by atoms with E-state index < -0.39 is 0 Å². The molecule has 0 aliphatic heterocycles. The molecular weight excluding hydrogens is 196 g/mol. The van der Waals surface area contributed by atoms with Crippen LogP contribution in [-0.2, 0) is 4.74 Å². The van der Waals surface area contributed by atoms with Crippen LogP contribution < -0.4 is 0 Å². The third kappa shape index (κ3) is 41.5. The van der Waals surface area contributed by atoms with E-state index in [1.807, 2.05) is 0 Å². The van der Waals surface area contributed by atoms with Gasteiger partial charge >= 0.3 is 0 Å². The third-order valence-electron chi connectivity index (χ3n) is 1.38.